The van der Waals surface area contributed by atoms with Crippen LogP contribution in [0, 0.1) is 0 Å². The fraction of sp³-hybridized carbons (Fsp3) is 0.222. The van der Waals surface area contributed by atoms with Gasteiger partial charge in [-0.25, -0.2) is 0 Å². The van der Waals surface area contributed by atoms with E-state index in [4.69, 9.17) is 20.8 Å². The number of hydrogen-bond acceptors (Lipinski definition) is 7. The number of ether oxygens (including phenoxy) is 1. The van der Waals surface area contributed by atoms with Crippen molar-refractivity contribution in [3.63, 3.8) is 0 Å². The number of esters is 1. The van der Waals surface area contributed by atoms with Crippen LogP contribution in [0.15, 0.2) is 52.2 Å². The lowest BCUT2D eigenvalue weighted by molar-refractivity contribution is -0.144. The Morgan fingerprint density at radius 3 is 2.79 bits per heavy atom. The average Bonchev–Trinajstić information content (AvgIpc) is 3.35. The number of amides is 1. The minimum atomic E-state index is -0.537. The number of thioether (sulfide) groups is 1. The summed E-state index contributed by atoms with van der Waals surface area (Å²) in [5, 5.41) is 11.7. The van der Waals surface area contributed by atoms with Crippen molar-refractivity contribution in [1.29, 1.82) is 0 Å². The predicted octanol–water partition coefficient (Wildman–Crippen LogP) is 3.49. The number of nitrogens with one attached hydrogen (secondary N) is 1. The Balaban J connectivity index is 1.49. The molecule has 0 spiro atoms. The van der Waals surface area contributed by atoms with Crippen molar-refractivity contribution in [3.05, 3.63) is 47.7 Å². The first-order valence-electron chi connectivity index (χ1n) is 8.38. The third kappa shape index (κ3) is 4.93. The molecule has 0 aliphatic heterocycles. The summed E-state index contributed by atoms with van der Waals surface area (Å²) in [6.45, 7) is 2.15. The molecule has 3 aromatic rings. The Labute approximate surface area is 170 Å². The van der Waals surface area contributed by atoms with Gasteiger partial charge in [-0.1, -0.05) is 35.5 Å². The minimum Gasteiger partial charge on any atom is -0.461 e. The first kappa shape index (κ1) is 20.0. The fourth-order valence-electron chi connectivity index (χ4n) is 2.33. The van der Waals surface area contributed by atoms with E-state index in [1.54, 1.807) is 42.7 Å². The first-order valence-corrected chi connectivity index (χ1v) is 9.74. The summed E-state index contributed by atoms with van der Waals surface area (Å²) in [4.78, 5) is 23.8. The van der Waals surface area contributed by atoms with Crippen molar-refractivity contribution < 1.29 is 18.7 Å². The summed E-state index contributed by atoms with van der Waals surface area (Å²) in [7, 11) is 0. The molecule has 2 aromatic heterocycles. The lowest BCUT2D eigenvalue weighted by Gasteiger charge is -2.08. The van der Waals surface area contributed by atoms with Crippen LogP contribution in [0.4, 0.5) is 5.69 Å². The van der Waals surface area contributed by atoms with Gasteiger partial charge in [0, 0.05) is 6.54 Å². The second-order valence-electron chi connectivity index (χ2n) is 5.51. The van der Waals surface area contributed by atoms with Crippen LogP contribution in [0.1, 0.15) is 6.92 Å². The number of carbonyl (C=O) groups is 2. The second kappa shape index (κ2) is 9.43. The maximum Gasteiger partial charge on any atom is 0.316 e. The van der Waals surface area contributed by atoms with E-state index >= 15 is 0 Å². The highest BCUT2D eigenvalue weighted by Gasteiger charge is 2.17. The van der Waals surface area contributed by atoms with E-state index in [9.17, 15) is 9.59 Å². The molecule has 1 aromatic carbocycles. The first-order chi connectivity index (χ1) is 13.6. The molecule has 1 N–H and O–H groups in total. The fourth-order valence-corrected chi connectivity index (χ4v) is 3.31. The van der Waals surface area contributed by atoms with Crippen molar-refractivity contribution in [2.75, 3.05) is 17.7 Å². The monoisotopic (exact) mass is 420 g/mol. The Kier molecular flexibility index (Phi) is 6.72. The molecule has 0 aliphatic carbocycles. The average molecular weight is 421 g/mol. The van der Waals surface area contributed by atoms with Gasteiger partial charge in [0.15, 0.2) is 23.3 Å². The predicted molar refractivity (Wildman–Crippen MR) is 105 cm³/mol. The summed E-state index contributed by atoms with van der Waals surface area (Å²) in [5.41, 5.74) is 0.459. The highest BCUT2D eigenvalue weighted by atomic mass is 35.5. The molecule has 0 radical (unpaired) electrons. The van der Waals surface area contributed by atoms with E-state index in [2.05, 4.69) is 15.5 Å². The number of anilines is 1. The second-order valence-corrected chi connectivity index (χ2v) is 6.85. The molecule has 0 bridgehead atoms. The third-order valence-electron chi connectivity index (χ3n) is 3.61. The summed E-state index contributed by atoms with van der Waals surface area (Å²) >= 11 is 7.14. The third-order valence-corrected chi connectivity index (χ3v) is 4.88. The van der Waals surface area contributed by atoms with Crippen LogP contribution in [-0.4, -0.2) is 39.0 Å². The van der Waals surface area contributed by atoms with E-state index in [0.29, 0.717) is 34.0 Å². The van der Waals surface area contributed by atoms with Gasteiger partial charge in [0.25, 0.3) is 5.91 Å². The molecule has 0 aliphatic rings. The van der Waals surface area contributed by atoms with Crippen molar-refractivity contribution in [2.24, 2.45) is 0 Å². The van der Waals surface area contributed by atoms with Gasteiger partial charge < -0.3 is 14.5 Å². The van der Waals surface area contributed by atoms with Crippen LogP contribution >= 0.6 is 23.4 Å². The lowest BCUT2D eigenvalue weighted by Crippen LogP contribution is -2.21. The highest BCUT2D eigenvalue weighted by molar-refractivity contribution is 7.99. The van der Waals surface area contributed by atoms with E-state index < -0.39 is 18.5 Å². The summed E-state index contributed by atoms with van der Waals surface area (Å²) in [5.74, 6) is 0.172. The zero-order valence-electron chi connectivity index (χ0n) is 14.9. The van der Waals surface area contributed by atoms with Crippen LogP contribution in [-0.2, 0) is 20.9 Å². The van der Waals surface area contributed by atoms with Gasteiger partial charge in [0.1, 0.15) is 0 Å². The van der Waals surface area contributed by atoms with E-state index in [1.165, 1.54) is 11.8 Å². The molecule has 0 fully saturated rings. The molecule has 0 saturated heterocycles. The number of hydrogen-bond donors (Lipinski definition) is 1. The van der Waals surface area contributed by atoms with Crippen LogP contribution in [0.2, 0.25) is 5.02 Å². The SMILES string of the molecule is CCn1c(SCC(=O)OCC(=O)Nc2ccccc2Cl)nnc1-c1ccco1. The van der Waals surface area contributed by atoms with Crippen LogP contribution < -0.4 is 5.32 Å². The van der Waals surface area contributed by atoms with Gasteiger partial charge in [0.2, 0.25) is 0 Å². The zero-order chi connectivity index (χ0) is 19.9. The Bertz CT molecular complexity index is 958. The Morgan fingerprint density at radius 2 is 2.07 bits per heavy atom. The molecular formula is C18H17ClN4O4S. The van der Waals surface area contributed by atoms with Gasteiger partial charge in [0.05, 0.1) is 22.7 Å². The molecule has 28 heavy (non-hydrogen) atoms. The molecule has 10 heteroatoms. The summed E-state index contributed by atoms with van der Waals surface area (Å²) in [6.07, 6.45) is 1.56. The smallest absolute Gasteiger partial charge is 0.316 e. The van der Waals surface area contributed by atoms with Crippen LogP contribution in [0.25, 0.3) is 11.6 Å². The van der Waals surface area contributed by atoms with E-state index in [1.807, 2.05) is 11.5 Å². The van der Waals surface area contributed by atoms with Gasteiger partial charge in [-0.2, -0.15) is 0 Å². The van der Waals surface area contributed by atoms with Crippen molar-refractivity contribution in [1.82, 2.24) is 14.8 Å². The highest BCUT2D eigenvalue weighted by Crippen LogP contribution is 2.24. The van der Waals surface area contributed by atoms with E-state index in [0.717, 1.165) is 0 Å². The molecule has 1 amide bonds. The molecule has 0 saturated carbocycles. The molecule has 8 nitrogen and oxygen atoms in total. The minimum absolute atomic E-state index is 0.00430. The van der Waals surface area contributed by atoms with Gasteiger partial charge in [-0.3, -0.25) is 14.2 Å². The number of carbonyl (C=O) groups excluding carboxylic acids is 2. The standard InChI is InChI=1S/C18H17ClN4O4S/c1-2-23-17(14-8-5-9-26-14)21-22-18(23)28-11-16(25)27-10-15(24)20-13-7-4-3-6-12(13)19/h3-9H,2,10-11H2,1H3,(H,20,24). The number of furan rings is 1. The van der Waals surface area contributed by atoms with Crippen LogP contribution in [0.3, 0.4) is 0 Å². The normalized spacial score (nSPS) is 10.6. The summed E-state index contributed by atoms with van der Waals surface area (Å²) < 4.78 is 12.2. The lowest BCUT2D eigenvalue weighted by atomic mass is 10.3. The molecular weight excluding hydrogens is 404 g/mol. The quantitative estimate of drug-likeness (QED) is 0.439. The largest absolute Gasteiger partial charge is 0.461 e. The number of aromatic nitrogens is 3. The number of para-hydroxylation sites is 1. The molecule has 146 valence electrons. The number of benzene rings is 1. The number of nitrogens with zero attached hydrogens (tertiary/aromatic N) is 3. The van der Waals surface area contributed by atoms with E-state index in [-0.39, 0.29) is 5.75 Å². The maximum atomic E-state index is 12.0. The number of halogens is 1. The summed E-state index contributed by atoms with van der Waals surface area (Å²) in [6, 6.07) is 10.4. The van der Waals surface area contributed by atoms with Crippen LogP contribution in [0.5, 0.6) is 0 Å². The molecule has 0 unspecified atom stereocenters. The van der Waals surface area contributed by atoms with Crippen molar-refractivity contribution >= 4 is 40.9 Å². The maximum absolute atomic E-state index is 12.0. The number of rotatable bonds is 8. The van der Waals surface area contributed by atoms with Gasteiger partial charge >= 0.3 is 5.97 Å². The van der Waals surface area contributed by atoms with Crippen molar-refractivity contribution in [3.8, 4) is 11.6 Å². The van der Waals surface area contributed by atoms with Gasteiger partial charge in [-0.15, -0.1) is 10.2 Å². The Morgan fingerprint density at radius 1 is 1.25 bits per heavy atom. The Hall–Kier alpha value is -2.78. The molecule has 0 atom stereocenters. The zero-order valence-corrected chi connectivity index (χ0v) is 16.5. The molecule has 3 rings (SSSR count). The van der Waals surface area contributed by atoms with Gasteiger partial charge in [-0.05, 0) is 31.2 Å². The topological polar surface area (TPSA) is 99.2 Å². The molecule has 2 heterocycles. The van der Waals surface area contributed by atoms with Crippen molar-refractivity contribution in [2.45, 2.75) is 18.6 Å².